The normalized spacial score (nSPS) is 15.7. The van der Waals surface area contributed by atoms with Gasteiger partial charge in [-0.25, -0.2) is 0 Å². The molecule has 1 aliphatic rings. The van der Waals surface area contributed by atoms with Crippen LogP contribution in [0.4, 0.5) is 5.69 Å². The Morgan fingerprint density at radius 2 is 2.06 bits per heavy atom. The number of rotatable bonds is 5. The molecule has 1 atom stereocenters. The Kier molecular flexibility index (Phi) is 6.12. The first kappa shape index (κ1) is 20.8. The molecule has 0 bridgehead atoms. The van der Waals surface area contributed by atoms with Gasteiger partial charge in [-0.15, -0.1) is 0 Å². The fourth-order valence-corrected chi connectivity index (χ4v) is 4.05. The lowest BCUT2D eigenvalue weighted by atomic mass is 9.89. The average molecular weight is 434 g/mol. The molecule has 2 heterocycles. The zero-order chi connectivity index (χ0) is 21.8. The second-order valence-corrected chi connectivity index (χ2v) is 7.83. The van der Waals surface area contributed by atoms with Crippen molar-refractivity contribution in [1.82, 2.24) is 15.2 Å². The van der Waals surface area contributed by atoms with Crippen LogP contribution in [-0.4, -0.2) is 41.3 Å². The van der Waals surface area contributed by atoms with Crippen molar-refractivity contribution in [3.8, 4) is 6.07 Å². The van der Waals surface area contributed by atoms with Crippen molar-refractivity contribution >= 4 is 39.9 Å². The summed E-state index contributed by atoms with van der Waals surface area (Å²) in [5.41, 5.74) is 2.43. The number of nitrogens with zero attached hydrogens (tertiary/aromatic N) is 3. The Morgan fingerprint density at radius 1 is 1.23 bits per heavy atom. The van der Waals surface area contributed by atoms with E-state index in [1.807, 2.05) is 47.4 Å². The number of nitriles is 1. The van der Waals surface area contributed by atoms with Gasteiger partial charge in [-0.3, -0.25) is 19.5 Å². The fourth-order valence-electron chi connectivity index (χ4n) is 3.87. The summed E-state index contributed by atoms with van der Waals surface area (Å²) in [6, 6.07) is 15.1. The van der Waals surface area contributed by atoms with E-state index in [2.05, 4.69) is 15.6 Å². The average Bonchev–Trinajstić information content (AvgIpc) is 2.77. The summed E-state index contributed by atoms with van der Waals surface area (Å²) >= 11 is 6.21. The number of aromatic nitrogens is 1. The molecule has 0 aliphatic carbocycles. The molecule has 1 unspecified atom stereocenters. The lowest BCUT2D eigenvalue weighted by Gasteiger charge is -2.33. The predicted octanol–water partition coefficient (Wildman–Crippen LogP) is 3.07. The van der Waals surface area contributed by atoms with Gasteiger partial charge in [-0.05, 0) is 23.3 Å². The number of carbonyl (C=O) groups excluding carboxylic acids is 2. The van der Waals surface area contributed by atoms with Crippen molar-refractivity contribution in [1.29, 1.82) is 5.26 Å². The third-order valence-electron chi connectivity index (χ3n) is 5.29. The Balaban J connectivity index is 1.60. The number of carbonyl (C=O) groups is 2. The Hall–Kier alpha value is -3.47. The predicted molar refractivity (Wildman–Crippen MR) is 118 cm³/mol. The van der Waals surface area contributed by atoms with Gasteiger partial charge in [0.25, 0.3) is 0 Å². The number of fused-ring (bicyclic) bond motifs is 2. The lowest BCUT2D eigenvalue weighted by Crippen LogP contribution is -2.44. The summed E-state index contributed by atoms with van der Waals surface area (Å²) in [5, 5.41) is 16.6. The molecule has 0 radical (unpaired) electrons. The number of halogens is 1. The van der Waals surface area contributed by atoms with Gasteiger partial charge < -0.3 is 10.6 Å². The van der Waals surface area contributed by atoms with Crippen LogP contribution in [0.5, 0.6) is 0 Å². The smallest absolute Gasteiger partial charge is 0.235 e. The summed E-state index contributed by atoms with van der Waals surface area (Å²) in [6.07, 6.45) is 3.39. The first-order valence-corrected chi connectivity index (χ1v) is 10.2. The van der Waals surface area contributed by atoms with Gasteiger partial charge in [0.1, 0.15) is 6.54 Å². The molecule has 8 heteroatoms. The summed E-state index contributed by atoms with van der Waals surface area (Å²) in [4.78, 5) is 31.6. The summed E-state index contributed by atoms with van der Waals surface area (Å²) in [5.74, 6) is -0.953. The van der Waals surface area contributed by atoms with Gasteiger partial charge in [-0.1, -0.05) is 41.9 Å². The van der Waals surface area contributed by atoms with Crippen LogP contribution in [0.15, 0.2) is 54.9 Å². The van der Waals surface area contributed by atoms with Crippen molar-refractivity contribution in [2.75, 3.05) is 25.0 Å². The first-order valence-electron chi connectivity index (χ1n) is 9.83. The third-order valence-corrected chi connectivity index (χ3v) is 5.53. The van der Waals surface area contributed by atoms with Crippen LogP contribution in [0.25, 0.3) is 10.8 Å². The van der Waals surface area contributed by atoms with E-state index in [1.165, 1.54) is 0 Å². The fraction of sp³-hybridized carbons (Fsp3) is 0.217. The highest BCUT2D eigenvalue weighted by atomic mass is 35.5. The van der Waals surface area contributed by atoms with E-state index in [1.54, 1.807) is 18.5 Å². The molecule has 2 amide bonds. The number of anilines is 1. The zero-order valence-corrected chi connectivity index (χ0v) is 17.4. The number of amides is 2. The first-order chi connectivity index (χ1) is 15.0. The molecule has 4 rings (SSSR count). The van der Waals surface area contributed by atoms with Crippen molar-refractivity contribution in [2.45, 2.75) is 12.5 Å². The molecule has 0 fully saturated rings. The van der Waals surface area contributed by atoms with Crippen LogP contribution in [0.3, 0.4) is 0 Å². The molecule has 1 aliphatic heterocycles. The van der Waals surface area contributed by atoms with Crippen LogP contribution < -0.4 is 10.6 Å². The molecule has 7 nitrogen and oxygen atoms in total. The molecule has 3 aromatic rings. The van der Waals surface area contributed by atoms with E-state index >= 15 is 0 Å². The molecule has 0 saturated heterocycles. The van der Waals surface area contributed by atoms with Crippen molar-refractivity contribution < 1.29 is 9.59 Å². The number of hydrogen-bond acceptors (Lipinski definition) is 5. The van der Waals surface area contributed by atoms with E-state index in [0.29, 0.717) is 23.8 Å². The molecule has 0 spiro atoms. The number of hydrogen-bond donors (Lipinski definition) is 2. The van der Waals surface area contributed by atoms with Gasteiger partial charge in [0, 0.05) is 35.1 Å². The maximum atomic E-state index is 13.3. The van der Waals surface area contributed by atoms with E-state index in [-0.39, 0.29) is 24.9 Å². The van der Waals surface area contributed by atoms with E-state index in [9.17, 15) is 9.59 Å². The minimum Gasteiger partial charge on any atom is -0.342 e. The van der Waals surface area contributed by atoms with Crippen LogP contribution in [0.1, 0.15) is 17.0 Å². The molecule has 0 saturated carbocycles. The standard InChI is InChI=1S/C23H20ClN5O2/c24-17-6-5-16-12-29(14-22(30)27-8-7-25)13-20(19(16)9-17)23(31)28-21-11-26-10-15-3-1-2-4-18(15)21/h1-6,9-11,20H,8,12-14H2,(H,27,30)(H,28,31). The SMILES string of the molecule is N#CCNC(=O)CN1Cc2ccc(Cl)cc2C(C(=O)Nc2cncc3ccccc23)C1. The quantitative estimate of drug-likeness (QED) is 0.602. The van der Waals surface area contributed by atoms with E-state index < -0.39 is 5.92 Å². The van der Waals surface area contributed by atoms with E-state index in [0.717, 1.165) is 21.9 Å². The number of benzene rings is 2. The van der Waals surface area contributed by atoms with Gasteiger partial charge >= 0.3 is 0 Å². The highest BCUT2D eigenvalue weighted by Gasteiger charge is 2.32. The topological polar surface area (TPSA) is 98.1 Å². The van der Waals surface area contributed by atoms with Gasteiger partial charge in [0.05, 0.1) is 30.4 Å². The largest absolute Gasteiger partial charge is 0.342 e. The van der Waals surface area contributed by atoms with Gasteiger partial charge in [0.15, 0.2) is 0 Å². The highest BCUT2D eigenvalue weighted by Crippen LogP contribution is 2.32. The van der Waals surface area contributed by atoms with Crippen LogP contribution in [0.2, 0.25) is 5.02 Å². The molecular weight excluding hydrogens is 414 g/mol. The van der Waals surface area contributed by atoms with Crippen molar-refractivity contribution in [3.63, 3.8) is 0 Å². The Bertz CT molecular complexity index is 1180. The van der Waals surface area contributed by atoms with Crippen molar-refractivity contribution in [2.24, 2.45) is 0 Å². The second-order valence-electron chi connectivity index (χ2n) is 7.40. The lowest BCUT2D eigenvalue weighted by molar-refractivity contribution is -0.123. The summed E-state index contributed by atoms with van der Waals surface area (Å²) < 4.78 is 0. The van der Waals surface area contributed by atoms with Gasteiger partial charge in [0.2, 0.25) is 11.8 Å². The van der Waals surface area contributed by atoms with Gasteiger partial charge in [-0.2, -0.15) is 5.26 Å². The van der Waals surface area contributed by atoms with E-state index in [4.69, 9.17) is 16.9 Å². The minimum atomic E-state index is -0.509. The summed E-state index contributed by atoms with van der Waals surface area (Å²) in [6.45, 7) is 0.934. The molecule has 156 valence electrons. The molecule has 2 N–H and O–H groups in total. The maximum Gasteiger partial charge on any atom is 0.235 e. The molecule has 2 aromatic carbocycles. The minimum absolute atomic E-state index is 0.0448. The molecule has 1 aromatic heterocycles. The number of pyridine rings is 1. The Morgan fingerprint density at radius 3 is 2.90 bits per heavy atom. The third kappa shape index (κ3) is 4.66. The zero-order valence-electron chi connectivity index (χ0n) is 16.6. The number of nitrogens with one attached hydrogen (secondary N) is 2. The van der Waals surface area contributed by atoms with Crippen LogP contribution in [-0.2, 0) is 16.1 Å². The Labute approximate surface area is 184 Å². The van der Waals surface area contributed by atoms with Crippen LogP contribution in [0, 0.1) is 11.3 Å². The summed E-state index contributed by atoms with van der Waals surface area (Å²) in [7, 11) is 0. The molecule has 31 heavy (non-hydrogen) atoms. The second kappa shape index (κ2) is 9.13. The highest BCUT2D eigenvalue weighted by molar-refractivity contribution is 6.30. The molecular formula is C23H20ClN5O2. The van der Waals surface area contributed by atoms with Crippen molar-refractivity contribution in [3.05, 3.63) is 71.0 Å². The van der Waals surface area contributed by atoms with Crippen LogP contribution >= 0.6 is 11.6 Å². The maximum absolute atomic E-state index is 13.3. The monoisotopic (exact) mass is 433 g/mol.